The van der Waals surface area contributed by atoms with Crippen molar-refractivity contribution < 1.29 is 23.2 Å². The van der Waals surface area contributed by atoms with E-state index in [4.69, 9.17) is 4.52 Å². The Kier molecular flexibility index (Phi) is 5.47. The average molecular weight is 405 g/mol. The van der Waals surface area contributed by atoms with Crippen molar-refractivity contribution in [1.29, 1.82) is 0 Å². The third-order valence-electron chi connectivity index (χ3n) is 4.37. The van der Waals surface area contributed by atoms with Crippen LogP contribution < -0.4 is 5.32 Å². The van der Waals surface area contributed by atoms with E-state index in [1.165, 1.54) is 7.05 Å². The molecule has 0 aliphatic carbocycles. The quantitative estimate of drug-likeness (QED) is 0.653. The molecule has 0 saturated carbocycles. The van der Waals surface area contributed by atoms with Crippen LogP contribution in [0.25, 0.3) is 11.3 Å². The van der Waals surface area contributed by atoms with Gasteiger partial charge in [-0.2, -0.15) is 13.9 Å². The number of aryl methyl sites for hydroxylation is 1. The Labute approximate surface area is 165 Å². The minimum absolute atomic E-state index is 0.00354. The van der Waals surface area contributed by atoms with E-state index in [-0.39, 0.29) is 5.69 Å². The molecular formula is C19H21F2N5O3. The Morgan fingerprint density at radius 2 is 2.03 bits per heavy atom. The number of carbonyl (C=O) groups is 1. The summed E-state index contributed by atoms with van der Waals surface area (Å²) in [5.41, 5.74) is 1.23. The van der Waals surface area contributed by atoms with Gasteiger partial charge in [0.05, 0.1) is 17.8 Å². The molecule has 0 aromatic carbocycles. The van der Waals surface area contributed by atoms with Crippen LogP contribution in [0, 0.1) is 0 Å². The summed E-state index contributed by atoms with van der Waals surface area (Å²) in [5.74, 6) is -3.33. The number of rotatable bonds is 6. The van der Waals surface area contributed by atoms with E-state index in [1.807, 2.05) is 0 Å². The second-order valence-corrected chi connectivity index (χ2v) is 6.88. The smallest absolute Gasteiger partial charge is 0.288 e. The monoisotopic (exact) mass is 405 g/mol. The van der Waals surface area contributed by atoms with E-state index in [2.05, 4.69) is 20.6 Å². The SMILES string of the molecule is C[C@H](O)c1cc(-c2cc([C@H](C)NC(=O)c3cc(C(C)(F)F)nn3C)on2)ccn1. The van der Waals surface area contributed by atoms with Gasteiger partial charge in [-0.3, -0.25) is 14.5 Å². The lowest BCUT2D eigenvalue weighted by Crippen LogP contribution is -2.28. The largest absolute Gasteiger partial charge is 0.387 e. The molecule has 3 aromatic rings. The fourth-order valence-corrected chi connectivity index (χ4v) is 2.70. The molecule has 0 unspecified atom stereocenters. The highest BCUT2D eigenvalue weighted by atomic mass is 19.3. The topological polar surface area (TPSA) is 106 Å². The molecule has 0 spiro atoms. The summed E-state index contributed by atoms with van der Waals surface area (Å²) < 4.78 is 33.3. The lowest BCUT2D eigenvalue weighted by Gasteiger charge is -2.10. The number of amides is 1. The number of hydrogen-bond donors (Lipinski definition) is 2. The summed E-state index contributed by atoms with van der Waals surface area (Å²) in [6.07, 6.45) is 0.833. The Morgan fingerprint density at radius 1 is 1.31 bits per heavy atom. The zero-order valence-corrected chi connectivity index (χ0v) is 16.3. The molecule has 0 saturated heterocycles. The van der Waals surface area contributed by atoms with Gasteiger partial charge in [-0.15, -0.1) is 0 Å². The van der Waals surface area contributed by atoms with Gasteiger partial charge in [-0.25, -0.2) is 0 Å². The van der Waals surface area contributed by atoms with Crippen LogP contribution in [-0.4, -0.2) is 30.9 Å². The van der Waals surface area contributed by atoms with Gasteiger partial charge in [-0.1, -0.05) is 5.16 Å². The first-order valence-electron chi connectivity index (χ1n) is 8.90. The number of carbonyl (C=O) groups excluding carboxylic acids is 1. The van der Waals surface area contributed by atoms with Crippen molar-refractivity contribution in [2.45, 2.75) is 38.8 Å². The molecule has 10 heteroatoms. The Bertz CT molecular complexity index is 1020. The van der Waals surface area contributed by atoms with Gasteiger partial charge in [-0.05, 0) is 32.0 Å². The van der Waals surface area contributed by atoms with Crippen LogP contribution in [0.5, 0.6) is 0 Å². The molecule has 0 bridgehead atoms. The summed E-state index contributed by atoms with van der Waals surface area (Å²) in [7, 11) is 1.42. The normalized spacial score (nSPS) is 13.9. The molecule has 3 rings (SSSR count). The predicted octanol–water partition coefficient (Wildman–Crippen LogP) is 3.13. The molecule has 2 atom stereocenters. The summed E-state index contributed by atoms with van der Waals surface area (Å²) in [5, 5.41) is 20.0. The number of alkyl halides is 2. The molecule has 8 nitrogen and oxygen atoms in total. The highest BCUT2D eigenvalue weighted by molar-refractivity contribution is 5.92. The van der Waals surface area contributed by atoms with Gasteiger partial charge in [0.15, 0.2) is 5.76 Å². The van der Waals surface area contributed by atoms with Crippen molar-refractivity contribution in [3.8, 4) is 11.3 Å². The van der Waals surface area contributed by atoms with Gasteiger partial charge in [0.1, 0.15) is 17.1 Å². The number of nitrogens with zero attached hydrogens (tertiary/aromatic N) is 4. The average Bonchev–Trinajstić information content (AvgIpc) is 3.28. The van der Waals surface area contributed by atoms with Gasteiger partial charge >= 0.3 is 0 Å². The second-order valence-electron chi connectivity index (χ2n) is 6.88. The van der Waals surface area contributed by atoms with E-state index in [1.54, 1.807) is 38.2 Å². The second kappa shape index (κ2) is 7.70. The first kappa shape index (κ1) is 20.6. The van der Waals surface area contributed by atoms with Crippen LogP contribution in [0.2, 0.25) is 0 Å². The molecule has 3 aromatic heterocycles. The van der Waals surface area contributed by atoms with E-state index in [0.29, 0.717) is 22.7 Å². The van der Waals surface area contributed by atoms with Crippen LogP contribution in [0.3, 0.4) is 0 Å². The molecule has 0 radical (unpaired) electrons. The molecule has 2 N–H and O–H groups in total. The predicted molar refractivity (Wildman–Crippen MR) is 99.0 cm³/mol. The molecule has 0 fully saturated rings. The van der Waals surface area contributed by atoms with Crippen LogP contribution >= 0.6 is 0 Å². The number of halogens is 2. The summed E-state index contributed by atoms with van der Waals surface area (Å²) in [4.78, 5) is 16.6. The number of aromatic nitrogens is 4. The van der Waals surface area contributed by atoms with Crippen LogP contribution in [0.4, 0.5) is 8.78 Å². The third kappa shape index (κ3) is 4.48. The highest BCUT2D eigenvalue weighted by Crippen LogP contribution is 2.27. The summed E-state index contributed by atoms with van der Waals surface area (Å²) in [6, 6.07) is 5.56. The van der Waals surface area contributed by atoms with E-state index in [9.17, 15) is 18.7 Å². The van der Waals surface area contributed by atoms with Gasteiger partial charge in [0.2, 0.25) is 0 Å². The first-order chi connectivity index (χ1) is 13.6. The van der Waals surface area contributed by atoms with Crippen molar-refractivity contribution in [2.24, 2.45) is 7.05 Å². The number of pyridine rings is 1. The zero-order valence-electron chi connectivity index (χ0n) is 16.3. The van der Waals surface area contributed by atoms with E-state index in [0.717, 1.165) is 17.7 Å². The molecular weight excluding hydrogens is 384 g/mol. The highest BCUT2D eigenvalue weighted by Gasteiger charge is 2.30. The van der Waals surface area contributed by atoms with E-state index < -0.39 is 29.7 Å². The lowest BCUT2D eigenvalue weighted by molar-refractivity contribution is 0.0122. The van der Waals surface area contributed by atoms with Crippen molar-refractivity contribution >= 4 is 5.91 Å². The fraction of sp³-hybridized carbons (Fsp3) is 0.368. The number of hydrogen-bond acceptors (Lipinski definition) is 6. The van der Waals surface area contributed by atoms with Gasteiger partial charge in [0, 0.05) is 31.8 Å². The van der Waals surface area contributed by atoms with Crippen molar-refractivity contribution in [2.75, 3.05) is 0 Å². The molecule has 29 heavy (non-hydrogen) atoms. The maximum Gasteiger partial charge on any atom is 0.288 e. The van der Waals surface area contributed by atoms with E-state index >= 15 is 0 Å². The Hall–Kier alpha value is -3.14. The summed E-state index contributed by atoms with van der Waals surface area (Å²) in [6.45, 7) is 4.01. The fourth-order valence-electron chi connectivity index (χ4n) is 2.70. The third-order valence-corrected chi connectivity index (χ3v) is 4.37. The van der Waals surface area contributed by atoms with Crippen molar-refractivity contribution in [3.63, 3.8) is 0 Å². The van der Waals surface area contributed by atoms with Crippen LogP contribution in [0.15, 0.2) is 35.0 Å². The molecule has 0 aliphatic heterocycles. The first-order valence-corrected chi connectivity index (χ1v) is 8.90. The molecule has 154 valence electrons. The van der Waals surface area contributed by atoms with Crippen LogP contribution in [-0.2, 0) is 13.0 Å². The maximum absolute atomic E-state index is 13.4. The molecule has 0 aliphatic rings. The lowest BCUT2D eigenvalue weighted by atomic mass is 10.1. The minimum Gasteiger partial charge on any atom is -0.387 e. The molecule has 3 heterocycles. The van der Waals surface area contributed by atoms with Crippen molar-refractivity contribution in [1.82, 2.24) is 25.2 Å². The van der Waals surface area contributed by atoms with Gasteiger partial charge in [0.25, 0.3) is 11.8 Å². The number of nitrogens with one attached hydrogen (secondary N) is 1. The molecule has 1 amide bonds. The van der Waals surface area contributed by atoms with Crippen molar-refractivity contribution in [3.05, 3.63) is 53.3 Å². The standard InChI is InChI=1S/C19H21F2N5O3/c1-10(23-18(28)15-9-17(19(3,20)21)24-26(15)4)16-8-14(25-29-16)12-5-6-22-13(7-12)11(2)27/h5-11,27H,1-4H3,(H,23,28)/t10-,11-/m0/s1. The number of aliphatic hydroxyl groups is 1. The Balaban J connectivity index is 1.75. The maximum atomic E-state index is 13.4. The minimum atomic E-state index is -3.14. The van der Waals surface area contributed by atoms with Crippen LogP contribution in [0.1, 0.15) is 60.6 Å². The zero-order chi connectivity index (χ0) is 21.3. The number of aliphatic hydroxyl groups excluding tert-OH is 1. The Morgan fingerprint density at radius 3 is 2.66 bits per heavy atom. The van der Waals surface area contributed by atoms with Gasteiger partial charge < -0.3 is 14.9 Å². The summed E-state index contributed by atoms with van der Waals surface area (Å²) >= 11 is 0.